The fourth-order valence-corrected chi connectivity index (χ4v) is 0.217. The minimum atomic E-state index is 0.0781. The number of hydrogen-bond donors (Lipinski definition) is 0. The zero-order valence-corrected chi connectivity index (χ0v) is 5.78. The Morgan fingerprint density at radius 3 is 1.88 bits per heavy atom. The van der Waals surface area contributed by atoms with Crippen molar-refractivity contribution in [2.75, 3.05) is 0 Å². The number of rotatable bonds is 0. The molecule has 0 saturated carbocycles. The summed E-state index contributed by atoms with van der Waals surface area (Å²) in [6.07, 6.45) is 5.11. The van der Waals surface area contributed by atoms with Crippen molar-refractivity contribution in [1.82, 2.24) is 0 Å². The van der Waals surface area contributed by atoms with Gasteiger partial charge in [0.15, 0.2) is 0 Å². The van der Waals surface area contributed by atoms with Crippen LogP contribution in [0.2, 0.25) is 0 Å². The van der Waals surface area contributed by atoms with E-state index in [1.165, 1.54) is 0 Å². The third kappa shape index (κ3) is 1.84. The van der Waals surface area contributed by atoms with Gasteiger partial charge in [0.05, 0.1) is 0 Å². The molecule has 0 nitrogen and oxygen atoms in total. The maximum absolute atomic E-state index is 5.11. The van der Waals surface area contributed by atoms with E-state index < -0.39 is 0 Å². The molecule has 0 bridgehead atoms. The number of terminal acetylenes is 1. The first-order valence-electron chi connectivity index (χ1n) is 2.64. The molecule has 0 aromatic rings. The Morgan fingerprint density at radius 2 is 1.88 bits per heavy atom. The lowest BCUT2D eigenvalue weighted by atomic mass is 9.88. The van der Waals surface area contributed by atoms with Crippen LogP contribution >= 0.6 is 0 Å². The Bertz CT molecular complexity index is 127. The highest BCUT2D eigenvalue weighted by atomic mass is 14.1. The van der Waals surface area contributed by atoms with Crippen molar-refractivity contribution in [3.63, 3.8) is 0 Å². The Labute approximate surface area is 51.6 Å². The Balaban J connectivity index is 4.09. The van der Waals surface area contributed by atoms with Gasteiger partial charge in [-0.25, -0.2) is 0 Å². The SMILES string of the molecule is C#CC(=C)C(C)(C)C. The molecule has 0 aromatic heterocycles. The van der Waals surface area contributed by atoms with Gasteiger partial charge >= 0.3 is 0 Å². The zero-order valence-electron chi connectivity index (χ0n) is 5.78. The average Bonchev–Trinajstić information content (AvgIpc) is 1.62. The molecule has 0 heterocycles. The van der Waals surface area contributed by atoms with Gasteiger partial charge in [0, 0.05) is 0 Å². The van der Waals surface area contributed by atoms with Crippen LogP contribution in [-0.4, -0.2) is 0 Å². The lowest BCUT2D eigenvalue weighted by Crippen LogP contribution is -2.05. The topological polar surface area (TPSA) is 0 Å². The van der Waals surface area contributed by atoms with Gasteiger partial charge in [0.25, 0.3) is 0 Å². The second kappa shape index (κ2) is 2.05. The fourth-order valence-electron chi connectivity index (χ4n) is 0.217. The lowest BCUT2D eigenvalue weighted by molar-refractivity contribution is 0.523. The van der Waals surface area contributed by atoms with Crippen molar-refractivity contribution in [3.8, 4) is 12.3 Å². The van der Waals surface area contributed by atoms with Crippen LogP contribution in [0, 0.1) is 17.8 Å². The summed E-state index contributed by atoms with van der Waals surface area (Å²) in [6.45, 7) is 9.86. The van der Waals surface area contributed by atoms with Gasteiger partial charge in [0.1, 0.15) is 0 Å². The molecule has 0 radical (unpaired) electrons. The van der Waals surface area contributed by atoms with Crippen molar-refractivity contribution in [3.05, 3.63) is 12.2 Å². The summed E-state index contributed by atoms with van der Waals surface area (Å²) in [7, 11) is 0. The van der Waals surface area contributed by atoms with E-state index >= 15 is 0 Å². The standard InChI is InChI=1S/C8H12/c1-6-7(2)8(3,4)5/h1H,2H2,3-5H3. The van der Waals surface area contributed by atoms with Crippen LogP contribution in [0.1, 0.15) is 20.8 Å². The summed E-state index contributed by atoms with van der Waals surface area (Å²) >= 11 is 0. The van der Waals surface area contributed by atoms with Crippen LogP contribution in [0.15, 0.2) is 12.2 Å². The van der Waals surface area contributed by atoms with Crippen LogP contribution < -0.4 is 0 Å². The molecule has 0 unspecified atom stereocenters. The normalized spacial score (nSPS) is 10.2. The molecule has 0 heteroatoms. The van der Waals surface area contributed by atoms with Crippen molar-refractivity contribution in [2.45, 2.75) is 20.8 Å². The second-order valence-corrected chi connectivity index (χ2v) is 2.87. The number of hydrogen-bond acceptors (Lipinski definition) is 0. The van der Waals surface area contributed by atoms with Crippen LogP contribution in [0.5, 0.6) is 0 Å². The first-order chi connectivity index (χ1) is 3.48. The van der Waals surface area contributed by atoms with Gasteiger partial charge in [-0.1, -0.05) is 33.3 Å². The second-order valence-electron chi connectivity index (χ2n) is 2.87. The third-order valence-corrected chi connectivity index (χ3v) is 1.08. The monoisotopic (exact) mass is 108 g/mol. The smallest absolute Gasteiger partial charge is 0.0000604 e. The highest BCUT2D eigenvalue weighted by Gasteiger charge is 2.11. The molecule has 0 atom stereocenters. The summed E-state index contributed by atoms with van der Waals surface area (Å²) in [5.74, 6) is 2.51. The first kappa shape index (κ1) is 7.30. The van der Waals surface area contributed by atoms with Crippen molar-refractivity contribution < 1.29 is 0 Å². The van der Waals surface area contributed by atoms with Gasteiger partial charge in [-0.15, -0.1) is 6.42 Å². The van der Waals surface area contributed by atoms with E-state index in [0.717, 1.165) is 5.57 Å². The average molecular weight is 108 g/mol. The van der Waals surface area contributed by atoms with E-state index in [-0.39, 0.29) is 5.41 Å². The van der Waals surface area contributed by atoms with Crippen LogP contribution in [-0.2, 0) is 0 Å². The Morgan fingerprint density at radius 1 is 1.50 bits per heavy atom. The molecule has 0 aliphatic carbocycles. The highest BCUT2D eigenvalue weighted by Crippen LogP contribution is 2.21. The quantitative estimate of drug-likeness (QED) is 0.417. The van der Waals surface area contributed by atoms with Gasteiger partial charge in [-0.3, -0.25) is 0 Å². The molecule has 0 aliphatic heterocycles. The summed E-state index contributed by atoms with van der Waals surface area (Å²) in [5, 5.41) is 0. The van der Waals surface area contributed by atoms with Crippen molar-refractivity contribution >= 4 is 0 Å². The van der Waals surface area contributed by atoms with Gasteiger partial charge in [-0.05, 0) is 11.0 Å². The fraction of sp³-hybridized carbons (Fsp3) is 0.500. The molecule has 0 saturated heterocycles. The minimum Gasteiger partial charge on any atom is -0.115 e. The molecule has 0 aliphatic rings. The summed E-state index contributed by atoms with van der Waals surface area (Å²) in [6, 6.07) is 0. The molecular weight excluding hydrogens is 96.1 g/mol. The van der Waals surface area contributed by atoms with Crippen molar-refractivity contribution in [2.24, 2.45) is 5.41 Å². The maximum atomic E-state index is 5.11. The zero-order chi connectivity index (χ0) is 6.78. The summed E-state index contributed by atoms with van der Waals surface area (Å²) < 4.78 is 0. The highest BCUT2D eigenvalue weighted by molar-refractivity contribution is 5.26. The van der Waals surface area contributed by atoms with E-state index in [1.807, 2.05) is 0 Å². The van der Waals surface area contributed by atoms with Gasteiger partial charge in [-0.2, -0.15) is 0 Å². The maximum Gasteiger partial charge on any atom is -0.0000604 e. The van der Waals surface area contributed by atoms with Crippen LogP contribution in [0.4, 0.5) is 0 Å². The van der Waals surface area contributed by atoms with Crippen LogP contribution in [0.3, 0.4) is 0 Å². The molecule has 0 N–H and O–H groups in total. The predicted molar refractivity (Wildman–Crippen MR) is 37.4 cm³/mol. The lowest BCUT2D eigenvalue weighted by Gasteiger charge is -2.15. The summed E-state index contributed by atoms with van der Waals surface area (Å²) in [4.78, 5) is 0. The Kier molecular flexibility index (Phi) is 1.87. The molecule has 0 spiro atoms. The molecule has 0 amide bonds. The molecule has 0 rings (SSSR count). The minimum absolute atomic E-state index is 0.0781. The molecule has 8 heavy (non-hydrogen) atoms. The third-order valence-electron chi connectivity index (χ3n) is 1.08. The van der Waals surface area contributed by atoms with E-state index in [9.17, 15) is 0 Å². The van der Waals surface area contributed by atoms with E-state index in [2.05, 4.69) is 33.3 Å². The van der Waals surface area contributed by atoms with Gasteiger partial charge in [0.2, 0.25) is 0 Å². The van der Waals surface area contributed by atoms with E-state index in [0.29, 0.717) is 0 Å². The molecule has 0 fully saturated rings. The largest absolute Gasteiger partial charge is 0.115 e. The molecule has 0 aromatic carbocycles. The van der Waals surface area contributed by atoms with Crippen LogP contribution in [0.25, 0.3) is 0 Å². The van der Waals surface area contributed by atoms with E-state index in [1.54, 1.807) is 0 Å². The predicted octanol–water partition coefficient (Wildman–Crippen LogP) is 2.22. The van der Waals surface area contributed by atoms with E-state index in [4.69, 9.17) is 6.42 Å². The molecule has 44 valence electrons. The van der Waals surface area contributed by atoms with Crippen molar-refractivity contribution in [1.29, 1.82) is 0 Å². The first-order valence-corrected chi connectivity index (χ1v) is 2.64. The summed E-state index contributed by atoms with van der Waals surface area (Å²) in [5.41, 5.74) is 0.937. The van der Waals surface area contributed by atoms with Gasteiger partial charge < -0.3 is 0 Å². The number of allylic oxidation sites excluding steroid dienone is 1. The Hall–Kier alpha value is -0.700. The molecular formula is C8H12.